The molecule has 0 aromatic rings. The SMILES string of the molecule is CC(F)(F)C[C@H](NC(=O)N1CCC2(CC1)CC(=O)NC2CC1CC1)C(=O)NC1(C#N)CC1. The van der Waals surface area contributed by atoms with E-state index in [1.54, 1.807) is 0 Å². The van der Waals surface area contributed by atoms with Crippen LogP contribution in [0.4, 0.5) is 13.6 Å². The number of rotatable bonds is 7. The summed E-state index contributed by atoms with van der Waals surface area (Å²) in [5.41, 5.74) is -1.16. The fourth-order valence-electron chi connectivity index (χ4n) is 5.04. The third kappa shape index (κ3) is 5.13. The highest BCUT2D eigenvalue weighted by molar-refractivity contribution is 5.88. The summed E-state index contributed by atoms with van der Waals surface area (Å²) < 4.78 is 27.4. The molecule has 176 valence electrons. The largest absolute Gasteiger partial charge is 0.353 e. The Balaban J connectivity index is 1.36. The van der Waals surface area contributed by atoms with E-state index in [0.29, 0.717) is 58.0 Å². The van der Waals surface area contributed by atoms with Crippen LogP contribution in [0.2, 0.25) is 0 Å². The maximum Gasteiger partial charge on any atom is 0.318 e. The van der Waals surface area contributed by atoms with E-state index in [0.717, 1.165) is 6.42 Å². The van der Waals surface area contributed by atoms with Gasteiger partial charge in [0.15, 0.2) is 0 Å². The molecule has 4 aliphatic rings. The zero-order valence-corrected chi connectivity index (χ0v) is 18.4. The lowest BCUT2D eigenvalue weighted by molar-refractivity contribution is -0.126. The molecule has 1 spiro atoms. The van der Waals surface area contributed by atoms with Crippen LogP contribution in [0.25, 0.3) is 0 Å². The summed E-state index contributed by atoms with van der Waals surface area (Å²) in [6.45, 7) is 1.51. The average molecular weight is 452 g/mol. The molecule has 3 N–H and O–H groups in total. The molecule has 4 rings (SSSR count). The van der Waals surface area contributed by atoms with Gasteiger partial charge in [0, 0.05) is 37.4 Å². The van der Waals surface area contributed by atoms with Gasteiger partial charge in [0.05, 0.1) is 6.07 Å². The highest BCUT2D eigenvalue weighted by Gasteiger charge is 2.50. The first-order valence-corrected chi connectivity index (χ1v) is 11.5. The van der Waals surface area contributed by atoms with Crippen molar-refractivity contribution in [3.05, 3.63) is 0 Å². The van der Waals surface area contributed by atoms with E-state index in [-0.39, 0.29) is 17.4 Å². The summed E-state index contributed by atoms with van der Waals surface area (Å²) in [4.78, 5) is 39.0. The van der Waals surface area contributed by atoms with E-state index < -0.39 is 35.9 Å². The van der Waals surface area contributed by atoms with Crippen LogP contribution in [-0.2, 0) is 9.59 Å². The summed E-state index contributed by atoms with van der Waals surface area (Å²) in [6, 6.07) is 0.129. The Bertz CT molecular complexity index is 820. The van der Waals surface area contributed by atoms with Crippen LogP contribution in [0.3, 0.4) is 0 Å². The maximum absolute atomic E-state index is 13.7. The van der Waals surface area contributed by atoms with Crippen molar-refractivity contribution in [3.63, 3.8) is 0 Å². The van der Waals surface area contributed by atoms with Crippen LogP contribution in [0.15, 0.2) is 0 Å². The fourth-order valence-corrected chi connectivity index (χ4v) is 5.04. The molecule has 4 amide bonds. The Labute approximate surface area is 186 Å². The second-order valence-electron chi connectivity index (χ2n) is 10.3. The molecule has 2 saturated heterocycles. The normalized spacial score (nSPS) is 26.8. The number of nitriles is 1. The molecule has 32 heavy (non-hydrogen) atoms. The van der Waals surface area contributed by atoms with Gasteiger partial charge in [-0.25, -0.2) is 13.6 Å². The minimum atomic E-state index is -3.16. The van der Waals surface area contributed by atoms with Crippen molar-refractivity contribution >= 4 is 17.8 Å². The monoisotopic (exact) mass is 451 g/mol. The minimum Gasteiger partial charge on any atom is -0.353 e. The first-order valence-electron chi connectivity index (χ1n) is 11.5. The summed E-state index contributed by atoms with van der Waals surface area (Å²) in [5, 5.41) is 17.3. The van der Waals surface area contributed by atoms with Crippen molar-refractivity contribution in [3.8, 4) is 6.07 Å². The van der Waals surface area contributed by atoms with E-state index in [9.17, 15) is 23.2 Å². The smallest absolute Gasteiger partial charge is 0.318 e. The molecule has 0 bridgehead atoms. The van der Waals surface area contributed by atoms with Gasteiger partial charge in [-0.05, 0) is 44.9 Å². The summed E-state index contributed by atoms with van der Waals surface area (Å²) in [7, 11) is 0. The van der Waals surface area contributed by atoms with E-state index >= 15 is 0 Å². The van der Waals surface area contributed by atoms with Crippen LogP contribution in [0, 0.1) is 22.7 Å². The summed E-state index contributed by atoms with van der Waals surface area (Å²) >= 11 is 0. The van der Waals surface area contributed by atoms with Crippen LogP contribution in [0.1, 0.15) is 64.7 Å². The van der Waals surface area contributed by atoms with E-state index in [1.165, 1.54) is 17.7 Å². The maximum atomic E-state index is 13.7. The highest BCUT2D eigenvalue weighted by atomic mass is 19.3. The Kier molecular flexibility index (Phi) is 5.80. The fraction of sp³-hybridized carbons (Fsp3) is 0.818. The first kappa shape index (κ1) is 22.7. The zero-order valence-electron chi connectivity index (χ0n) is 18.4. The Morgan fingerprint density at radius 2 is 1.94 bits per heavy atom. The second-order valence-corrected chi connectivity index (χ2v) is 10.3. The lowest BCUT2D eigenvalue weighted by Crippen LogP contribution is -2.56. The molecule has 0 aromatic carbocycles. The quantitative estimate of drug-likeness (QED) is 0.550. The van der Waals surface area contributed by atoms with Gasteiger partial charge in [-0.2, -0.15) is 5.26 Å². The number of carbonyl (C=O) groups excluding carboxylic acids is 3. The number of amides is 4. The number of likely N-dealkylation sites (tertiary alicyclic amines) is 1. The topological polar surface area (TPSA) is 114 Å². The van der Waals surface area contributed by atoms with Crippen molar-refractivity contribution in [1.82, 2.24) is 20.9 Å². The third-order valence-electron chi connectivity index (χ3n) is 7.40. The number of urea groups is 1. The molecule has 2 atom stereocenters. The average Bonchev–Trinajstić information content (AvgIpc) is 3.63. The lowest BCUT2D eigenvalue weighted by Gasteiger charge is -2.42. The molecule has 4 fully saturated rings. The second kappa shape index (κ2) is 8.16. The first-order chi connectivity index (χ1) is 15.0. The van der Waals surface area contributed by atoms with E-state index in [1.807, 2.05) is 6.07 Å². The molecule has 8 nitrogen and oxygen atoms in total. The van der Waals surface area contributed by atoms with Gasteiger partial charge < -0.3 is 20.9 Å². The molecular weight excluding hydrogens is 420 g/mol. The van der Waals surface area contributed by atoms with Crippen LogP contribution < -0.4 is 16.0 Å². The number of piperidine rings is 1. The van der Waals surface area contributed by atoms with Crippen molar-refractivity contribution < 1.29 is 23.2 Å². The van der Waals surface area contributed by atoms with Gasteiger partial charge in [0.2, 0.25) is 17.7 Å². The zero-order chi connectivity index (χ0) is 23.1. The minimum absolute atomic E-state index is 0.0574. The van der Waals surface area contributed by atoms with Crippen molar-refractivity contribution in [2.45, 2.75) is 88.3 Å². The number of hydrogen-bond acceptors (Lipinski definition) is 4. The van der Waals surface area contributed by atoms with Gasteiger partial charge in [-0.15, -0.1) is 0 Å². The number of carbonyl (C=O) groups is 3. The van der Waals surface area contributed by atoms with Crippen molar-refractivity contribution in [1.29, 1.82) is 5.26 Å². The van der Waals surface area contributed by atoms with Gasteiger partial charge >= 0.3 is 6.03 Å². The van der Waals surface area contributed by atoms with Gasteiger partial charge in [0.25, 0.3) is 0 Å². The molecule has 10 heteroatoms. The van der Waals surface area contributed by atoms with Crippen LogP contribution in [-0.4, -0.2) is 59.4 Å². The molecule has 0 radical (unpaired) electrons. The summed E-state index contributed by atoms with van der Waals surface area (Å²) in [6.07, 6.45) is 5.28. The van der Waals surface area contributed by atoms with Gasteiger partial charge in [-0.3, -0.25) is 9.59 Å². The number of hydrogen-bond donors (Lipinski definition) is 3. The van der Waals surface area contributed by atoms with Crippen molar-refractivity contribution in [2.24, 2.45) is 11.3 Å². The Morgan fingerprint density at radius 1 is 1.28 bits per heavy atom. The molecule has 0 aromatic heterocycles. The Morgan fingerprint density at radius 3 is 2.47 bits per heavy atom. The number of halogens is 2. The molecule has 2 heterocycles. The number of nitrogens with one attached hydrogen (secondary N) is 3. The van der Waals surface area contributed by atoms with Crippen LogP contribution in [0.5, 0.6) is 0 Å². The van der Waals surface area contributed by atoms with Crippen LogP contribution >= 0.6 is 0 Å². The predicted molar refractivity (Wildman–Crippen MR) is 110 cm³/mol. The summed E-state index contributed by atoms with van der Waals surface area (Å²) in [5.74, 6) is -3.18. The van der Waals surface area contributed by atoms with E-state index in [2.05, 4.69) is 16.0 Å². The number of nitrogens with zero attached hydrogens (tertiary/aromatic N) is 2. The molecule has 2 aliphatic carbocycles. The molecular formula is C22H31F2N5O3. The third-order valence-corrected chi connectivity index (χ3v) is 7.40. The molecule has 2 saturated carbocycles. The van der Waals surface area contributed by atoms with E-state index in [4.69, 9.17) is 5.26 Å². The molecule has 1 unspecified atom stereocenters. The predicted octanol–water partition coefficient (Wildman–Crippen LogP) is 2.05. The number of alkyl halides is 2. The van der Waals surface area contributed by atoms with Gasteiger partial charge in [-0.1, -0.05) is 12.8 Å². The molecule has 2 aliphatic heterocycles. The Hall–Kier alpha value is -2.44. The van der Waals surface area contributed by atoms with Crippen molar-refractivity contribution in [2.75, 3.05) is 13.1 Å². The van der Waals surface area contributed by atoms with Gasteiger partial charge in [0.1, 0.15) is 11.6 Å². The standard InChI is InChI=1S/C22H31F2N5O3/c1-20(23,24)11-15(18(31)28-22(13-25)4-5-22)26-19(32)29-8-6-21(7-9-29)12-17(30)27-16(21)10-14-2-3-14/h14-16H,2-12H2,1H3,(H,26,32)(H,27,30)(H,28,31)/t15-,16?/m0/s1. The highest BCUT2D eigenvalue weighted by Crippen LogP contribution is 2.47. The lowest BCUT2D eigenvalue weighted by atomic mass is 9.71.